The topological polar surface area (TPSA) is 129 Å². The molecule has 2 aliphatic rings. The minimum atomic E-state index is -1.01. The predicted molar refractivity (Wildman–Crippen MR) is 142 cm³/mol. The molecule has 3 heterocycles. The SMILES string of the molecule is N#Cc1ccc(-c2nnc(N[C@H]3N=C(c4ccccc4)c4ccccc4NC3=O)o2)c(N2CCOCC2)c1. The monoisotopic (exact) mass is 505 g/mol. The van der Waals surface area contributed by atoms with Crippen molar-refractivity contribution < 1.29 is 13.9 Å². The van der Waals surface area contributed by atoms with Crippen LogP contribution >= 0.6 is 0 Å². The van der Waals surface area contributed by atoms with Crippen molar-refractivity contribution in [3.63, 3.8) is 0 Å². The fourth-order valence-corrected chi connectivity index (χ4v) is 4.54. The number of carbonyl (C=O) groups excluding carboxylic acids is 1. The maximum absolute atomic E-state index is 13.1. The number of morpholine rings is 1. The summed E-state index contributed by atoms with van der Waals surface area (Å²) in [7, 11) is 0. The third-order valence-electron chi connectivity index (χ3n) is 6.39. The summed E-state index contributed by atoms with van der Waals surface area (Å²) in [6.45, 7) is 2.55. The second-order valence-electron chi connectivity index (χ2n) is 8.78. The molecule has 1 amide bonds. The van der Waals surface area contributed by atoms with E-state index in [-0.39, 0.29) is 17.8 Å². The number of nitrogens with zero attached hydrogens (tertiary/aromatic N) is 5. The van der Waals surface area contributed by atoms with Crippen molar-refractivity contribution in [2.75, 3.05) is 41.8 Å². The molecule has 2 N–H and O–H groups in total. The molecule has 4 aromatic rings. The Morgan fingerprint density at radius 3 is 2.58 bits per heavy atom. The lowest BCUT2D eigenvalue weighted by molar-refractivity contribution is -0.116. The number of nitriles is 1. The van der Waals surface area contributed by atoms with Crippen LogP contribution < -0.4 is 15.5 Å². The molecular weight excluding hydrogens is 482 g/mol. The molecule has 0 radical (unpaired) electrons. The molecule has 0 bridgehead atoms. The molecule has 2 aliphatic heterocycles. The molecule has 3 aromatic carbocycles. The van der Waals surface area contributed by atoms with Crippen molar-refractivity contribution in [1.82, 2.24) is 10.2 Å². The van der Waals surface area contributed by atoms with Crippen LogP contribution in [0.3, 0.4) is 0 Å². The van der Waals surface area contributed by atoms with Gasteiger partial charge in [0.05, 0.1) is 47.5 Å². The maximum atomic E-state index is 13.1. The molecule has 10 heteroatoms. The number of rotatable bonds is 5. The summed E-state index contributed by atoms with van der Waals surface area (Å²) in [5, 5.41) is 23.7. The molecule has 0 saturated carbocycles. The lowest BCUT2D eigenvalue weighted by atomic mass is 10.0. The van der Waals surface area contributed by atoms with Crippen LogP contribution in [0.2, 0.25) is 0 Å². The number of hydrogen-bond acceptors (Lipinski definition) is 9. The van der Waals surface area contributed by atoms with E-state index in [0.29, 0.717) is 48.8 Å². The van der Waals surface area contributed by atoms with Crippen molar-refractivity contribution in [1.29, 1.82) is 5.26 Å². The van der Waals surface area contributed by atoms with Crippen LogP contribution in [0, 0.1) is 11.3 Å². The first-order valence-electron chi connectivity index (χ1n) is 12.2. The molecule has 0 aliphatic carbocycles. The Kier molecular flexibility index (Phi) is 6.25. The highest BCUT2D eigenvalue weighted by Gasteiger charge is 2.28. The van der Waals surface area contributed by atoms with Gasteiger partial charge in [0.1, 0.15) is 0 Å². The summed E-state index contributed by atoms with van der Waals surface area (Å²) in [6.07, 6.45) is -1.01. The zero-order chi connectivity index (χ0) is 25.9. The Bertz CT molecular complexity index is 1550. The van der Waals surface area contributed by atoms with Crippen LogP contribution in [0.5, 0.6) is 0 Å². The van der Waals surface area contributed by atoms with Crippen molar-refractivity contribution in [3.05, 3.63) is 89.5 Å². The zero-order valence-electron chi connectivity index (χ0n) is 20.3. The molecule has 10 nitrogen and oxygen atoms in total. The van der Waals surface area contributed by atoms with E-state index in [1.807, 2.05) is 60.7 Å². The number of amides is 1. The lowest BCUT2D eigenvalue weighted by Gasteiger charge is -2.30. The number of anilines is 3. The van der Waals surface area contributed by atoms with E-state index in [0.717, 1.165) is 16.8 Å². The van der Waals surface area contributed by atoms with Crippen molar-refractivity contribution in [2.24, 2.45) is 4.99 Å². The Hall–Kier alpha value is -5.01. The number of benzodiazepines with no additional fused rings is 1. The van der Waals surface area contributed by atoms with Crippen LogP contribution in [-0.4, -0.2) is 54.3 Å². The van der Waals surface area contributed by atoms with Crippen molar-refractivity contribution >= 4 is 29.0 Å². The van der Waals surface area contributed by atoms with E-state index in [1.165, 1.54) is 0 Å². The average Bonchev–Trinajstić information content (AvgIpc) is 3.39. The molecule has 1 fully saturated rings. The number of hydrogen-bond donors (Lipinski definition) is 2. The highest BCUT2D eigenvalue weighted by molar-refractivity contribution is 6.19. The molecule has 38 heavy (non-hydrogen) atoms. The molecule has 1 atom stereocenters. The Morgan fingerprint density at radius 2 is 1.76 bits per heavy atom. The van der Waals surface area contributed by atoms with Gasteiger partial charge in [0.2, 0.25) is 6.17 Å². The number of aromatic nitrogens is 2. The fourth-order valence-electron chi connectivity index (χ4n) is 4.54. The Balaban J connectivity index is 1.33. The highest BCUT2D eigenvalue weighted by Crippen LogP contribution is 2.33. The molecule has 0 unspecified atom stereocenters. The molecular formula is C28H23N7O3. The van der Waals surface area contributed by atoms with Gasteiger partial charge in [-0.05, 0) is 24.3 Å². The second kappa shape index (κ2) is 10.2. The first kappa shape index (κ1) is 23.4. The Labute approximate surface area is 218 Å². The fraction of sp³-hybridized carbons (Fsp3) is 0.179. The van der Waals surface area contributed by atoms with Gasteiger partial charge in [-0.15, -0.1) is 5.10 Å². The summed E-state index contributed by atoms with van der Waals surface area (Å²) in [5.41, 5.74) is 5.07. The molecule has 1 aromatic heterocycles. The van der Waals surface area contributed by atoms with Gasteiger partial charge < -0.3 is 24.7 Å². The van der Waals surface area contributed by atoms with Gasteiger partial charge in [0.15, 0.2) is 0 Å². The van der Waals surface area contributed by atoms with Gasteiger partial charge in [0.25, 0.3) is 11.8 Å². The maximum Gasteiger partial charge on any atom is 0.317 e. The molecule has 0 spiro atoms. The number of fused-ring (bicyclic) bond motifs is 1. The number of carbonyl (C=O) groups is 1. The van der Waals surface area contributed by atoms with E-state index in [4.69, 9.17) is 14.1 Å². The predicted octanol–water partition coefficient (Wildman–Crippen LogP) is 3.67. The van der Waals surface area contributed by atoms with E-state index in [9.17, 15) is 10.1 Å². The summed E-state index contributed by atoms with van der Waals surface area (Å²) >= 11 is 0. The van der Waals surface area contributed by atoms with Crippen LogP contribution in [-0.2, 0) is 9.53 Å². The average molecular weight is 506 g/mol. The van der Waals surface area contributed by atoms with Crippen LogP contribution in [0.15, 0.2) is 82.2 Å². The number of benzene rings is 3. The molecule has 188 valence electrons. The van der Waals surface area contributed by atoms with Crippen LogP contribution in [0.1, 0.15) is 16.7 Å². The molecule has 1 saturated heterocycles. The smallest absolute Gasteiger partial charge is 0.317 e. The first-order valence-corrected chi connectivity index (χ1v) is 12.2. The van der Waals surface area contributed by atoms with E-state index >= 15 is 0 Å². The van der Waals surface area contributed by atoms with Gasteiger partial charge in [0, 0.05) is 24.2 Å². The van der Waals surface area contributed by atoms with Crippen molar-refractivity contribution in [2.45, 2.75) is 6.17 Å². The largest absolute Gasteiger partial charge is 0.403 e. The third-order valence-corrected chi connectivity index (χ3v) is 6.39. The number of aliphatic imine (C=N–C) groups is 1. The summed E-state index contributed by atoms with van der Waals surface area (Å²) < 4.78 is 11.4. The summed E-state index contributed by atoms with van der Waals surface area (Å²) in [6, 6.07) is 24.8. The number of nitrogens with one attached hydrogen (secondary N) is 2. The van der Waals surface area contributed by atoms with Gasteiger partial charge in [-0.3, -0.25) is 4.79 Å². The van der Waals surface area contributed by atoms with Gasteiger partial charge >= 0.3 is 6.01 Å². The second-order valence-corrected chi connectivity index (χ2v) is 8.78. The standard InChI is InChI=1S/C28H23N7O3/c29-17-18-10-11-21(23(16-18)35-12-14-37-15-13-35)27-33-34-28(38-27)32-25-26(36)30-22-9-5-4-8-20(22)24(31-25)19-6-2-1-3-7-19/h1-11,16,25H,12-15H2,(H,30,36)(H,32,34)/t25-/m1/s1. The minimum absolute atomic E-state index is 0.0551. The van der Waals surface area contributed by atoms with E-state index in [1.54, 1.807) is 12.1 Å². The highest BCUT2D eigenvalue weighted by atomic mass is 16.5. The van der Waals surface area contributed by atoms with E-state index < -0.39 is 6.17 Å². The molecule has 6 rings (SSSR count). The zero-order valence-corrected chi connectivity index (χ0v) is 20.3. The van der Waals surface area contributed by atoms with E-state index in [2.05, 4.69) is 31.8 Å². The van der Waals surface area contributed by atoms with Gasteiger partial charge in [-0.2, -0.15) is 5.26 Å². The third kappa shape index (κ3) is 4.58. The number of para-hydroxylation sites is 1. The lowest BCUT2D eigenvalue weighted by Crippen LogP contribution is -2.36. The van der Waals surface area contributed by atoms with Crippen LogP contribution in [0.4, 0.5) is 17.4 Å². The number of ether oxygens (including phenoxy) is 1. The summed E-state index contributed by atoms with van der Waals surface area (Å²) in [5.74, 6) is -0.0847. The van der Waals surface area contributed by atoms with Crippen LogP contribution in [0.25, 0.3) is 11.5 Å². The van der Waals surface area contributed by atoms with Gasteiger partial charge in [-0.25, -0.2) is 4.99 Å². The minimum Gasteiger partial charge on any atom is -0.403 e. The quantitative estimate of drug-likeness (QED) is 0.420. The summed E-state index contributed by atoms with van der Waals surface area (Å²) in [4.78, 5) is 20.0. The van der Waals surface area contributed by atoms with Gasteiger partial charge in [-0.1, -0.05) is 53.6 Å². The normalized spacial score (nSPS) is 17.0. The van der Waals surface area contributed by atoms with Crippen molar-refractivity contribution in [3.8, 4) is 17.5 Å². The Morgan fingerprint density at radius 1 is 0.974 bits per heavy atom. The first-order chi connectivity index (χ1) is 18.7.